The smallest absolute Gasteiger partial charge is 0.233 e. The number of carbonyl (C=O) groups excluding carboxylic acids is 1. The van der Waals surface area contributed by atoms with Gasteiger partial charge in [-0.2, -0.15) is 0 Å². The lowest BCUT2D eigenvalue weighted by atomic mass is 9.95. The molecule has 0 heterocycles. The maximum Gasteiger partial charge on any atom is 0.233 e. The molecule has 26 heavy (non-hydrogen) atoms. The highest BCUT2D eigenvalue weighted by Crippen LogP contribution is 2.48. The summed E-state index contributed by atoms with van der Waals surface area (Å²) in [6.07, 6.45) is 1.58. The van der Waals surface area contributed by atoms with Crippen LogP contribution in [0.15, 0.2) is 47.4 Å². The van der Waals surface area contributed by atoms with Crippen LogP contribution in [0.3, 0.4) is 0 Å². The van der Waals surface area contributed by atoms with E-state index in [1.807, 2.05) is 31.2 Å². The quantitative estimate of drug-likeness (QED) is 0.731. The van der Waals surface area contributed by atoms with Gasteiger partial charge in [0.2, 0.25) is 5.91 Å². The van der Waals surface area contributed by atoms with Gasteiger partial charge in [-0.15, -0.1) is 11.8 Å². The van der Waals surface area contributed by atoms with Crippen molar-refractivity contribution in [1.29, 1.82) is 0 Å². The van der Waals surface area contributed by atoms with Crippen LogP contribution in [0.2, 0.25) is 0 Å². The average Bonchev–Trinajstić information content (AvgIpc) is 3.41. The first-order chi connectivity index (χ1) is 12.4. The molecular weight excluding hydrogens is 356 g/mol. The maximum atomic E-state index is 14.1. The standard InChI is InChI=1S/C20H21F2NO2S/c1-13(26-16-6-4-15(25-2)5-7-16)19(24)23-12-20(9-10-20)17-8-3-14(21)11-18(17)22/h3-8,11,13H,9-10,12H2,1-2H3,(H,23,24)/t13-/m1/s1. The van der Waals surface area contributed by atoms with E-state index >= 15 is 0 Å². The minimum Gasteiger partial charge on any atom is -0.497 e. The van der Waals surface area contributed by atoms with Crippen molar-refractivity contribution in [2.45, 2.75) is 35.3 Å². The van der Waals surface area contributed by atoms with E-state index in [2.05, 4.69) is 5.32 Å². The molecule has 1 N–H and O–H groups in total. The Morgan fingerprint density at radius 3 is 2.50 bits per heavy atom. The summed E-state index contributed by atoms with van der Waals surface area (Å²) < 4.78 is 32.3. The molecule has 1 atom stereocenters. The van der Waals surface area contributed by atoms with Crippen LogP contribution in [0, 0.1) is 11.6 Å². The molecule has 0 bridgehead atoms. The lowest BCUT2D eigenvalue weighted by molar-refractivity contribution is -0.120. The van der Waals surface area contributed by atoms with Crippen molar-refractivity contribution in [3.05, 3.63) is 59.7 Å². The van der Waals surface area contributed by atoms with Crippen molar-refractivity contribution in [1.82, 2.24) is 5.32 Å². The van der Waals surface area contributed by atoms with E-state index in [0.29, 0.717) is 12.1 Å². The van der Waals surface area contributed by atoms with Crippen molar-refractivity contribution in [3.8, 4) is 5.75 Å². The van der Waals surface area contributed by atoms with Crippen LogP contribution in [-0.2, 0) is 10.2 Å². The van der Waals surface area contributed by atoms with E-state index in [1.165, 1.54) is 23.9 Å². The van der Waals surface area contributed by atoms with Gasteiger partial charge in [0.25, 0.3) is 0 Å². The highest BCUT2D eigenvalue weighted by atomic mass is 32.2. The minimum atomic E-state index is -0.587. The molecule has 1 fully saturated rings. The summed E-state index contributed by atoms with van der Waals surface area (Å²) in [4.78, 5) is 13.4. The molecule has 2 aromatic rings. The minimum absolute atomic E-state index is 0.0976. The van der Waals surface area contributed by atoms with E-state index in [0.717, 1.165) is 29.6 Å². The number of ether oxygens (including phenoxy) is 1. The fraction of sp³-hybridized carbons (Fsp3) is 0.350. The monoisotopic (exact) mass is 377 g/mol. The Morgan fingerprint density at radius 1 is 1.23 bits per heavy atom. The van der Waals surface area contributed by atoms with Gasteiger partial charge in [-0.05, 0) is 55.7 Å². The second kappa shape index (κ2) is 7.66. The number of methoxy groups -OCH3 is 1. The summed E-state index contributed by atoms with van der Waals surface area (Å²) in [6.45, 7) is 2.20. The maximum absolute atomic E-state index is 14.1. The largest absolute Gasteiger partial charge is 0.497 e. The molecule has 1 aliphatic carbocycles. The van der Waals surface area contributed by atoms with Crippen LogP contribution < -0.4 is 10.1 Å². The molecule has 0 unspecified atom stereocenters. The van der Waals surface area contributed by atoms with E-state index < -0.39 is 17.0 Å². The van der Waals surface area contributed by atoms with Gasteiger partial charge in [0.05, 0.1) is 12.4 Å². The average molecular weight is 377 g/mol. The lowest BCUT2D eigenvalue weighted by Gasteiger charge is -2.19. The predicted molar refractivity (Wildman–Crippen MR) is 98.6 cm³/mol. The van der Waals surface area contributed by atoms with Crippen molar-refractivity contribution in [2.75, 3.05) is 13.7 Å². The summed E-state index contributed by atoms with van der Waals surface area (Å²) >= 11 is 1.45. The number of nitrogens with one attached hydrogen (secondary N) is 1. The number of rotatable bonds is 7. The highest BCUT2D eigenvalue weighted by Gasteiger charge is 2.46. The normalized spacial score (nSPS) is 16.0. The molecule has 0 saturated heterocycles. The highest BCUT2D eigenvalue weighted by molar-refractivity contribution is 8.00. The first kappa shape index (κ1) is 18.7. The Bertz CT molecular complexity index is 791. The number of benzene rings is 2. The van der Waals surface area contributed by atoms with Crippen LogP contribution in [0.25, 0.3) is 0 Å². The molecule has 6 heteroatoms. The molecule has 2 aromatic carbocycles. The van der Waals surface area contributed by atoms with Crippen LogP contribution in [0.4, 0.5) is 8.78 Å². The Kier molecular flexibility index (Phi) is 5.51. The summed E-state index contributed by atoms with van der Waals surface area (Å²) in [6, 6.07) is 11.2. The van der Waals surface area contributed by atoms with Crippen molar-refractivity contribution < 1.29 is 18.3 Å². The molecule has 3 rings (SSSR count). The molecular formula is C20H21F2NO2S. The third-order valence-corrected chi connectivity index (χ3v) is 5.81. The Labute approximate surface area is 156 Å². The fourth-order valence-electron chi connectivity index (χ4n) is 2.92. The van der Waals surface area contributed by atoms with Gasteiger partial charge < -0.3 is 10.1 Å². The van der Waals surface area contributed by atoms with Gasteiger partial charge in [0, 0.05) is 22.9 Å². The predicted octanol–water partition coefficient (Wildman–Crippen LogP) is 4.30. The topological polar surface area (TPSA) is 38.3 Å². The molecule has 1 saturated carbocycles. The van der Waals surface area contributed by atoms with E-state index in [9.17, 15) is 13.6 Å². The van der Waals surface area contributed by atoms with Gasteiger partial charge in [0.15, 0.2) is 0 Å². The van der Waals surface area contributed by atoms with E-state index in [1.54, 1.807) is 7.11 Å². The Morgan fingerprint density at radius 2 is 1.92 bits per heavy atom. The summed E-state index contributed by atoms with van der Waals surface area (Å²) in [5.41, 5.74) is 0.0763. The Hall–Kier alpha value is -2.08. The summed E-state index contributed by atoms with van der Waals surface area (Å²) in [7, 11) is 1.61. The van der Waals surface area contributed by atoms with E-state index in [-0.39, 0.29) is 11.2 Å². The zero-order valence-electron chi connectivity index (χ0n) is 14.7. The summed E-state index contributed by atoms with van der Waals surface area (Å²) in [5.74, 6) is -0.462. The molecule has 0 radical (unpaired) electrons. The van der Waals surface area contributed by atoms with Gasteiger partial charge in [-0.3, -0.25) is 4.79 Å². The van der Waals surface area contributed by atoms with Crippen molar-refractivity contribution in [2.24, 2.45) is 0 Å². The van der Waals surface area contributed by atoms with Crippen LogP contribution in [-0.4, -0.2) is 24.8 Å². The number of amides is 1. The molecule has 0 aliphatic heterocycles. The third kappa shape index (κ3) is 4.18. The number of hydrogen-bond donors (Lipinski definition) is 1. The van der Waals surface area contributed by atoms with Gasteiger partial charge in [-0.1, -0.05) is 6.07 Å². The van der Waals surface area contributed by atoms with Gasteiger partial charge in [-0.25, -0.2) is 8.78 Å². The zero-order valence-corrected chi connectivity index (χ0v) is 15.5. The van der Waals surface area contributed by atoms with Gasteiger partial charge >= 0.3 is 0 Å². The molecule has 0 aromatic heterocycles. The SMILES string of the molecule is COc1ccc(S[C@H](C)C(=O)NCC2(c3ccc(F)cc3F)CC2)cc1. The van der Waals surface area contributed by atoms with E-state index in [4.69, 9.17) is 4.74 Å². The van der Waals surface area contributed by atoms with Crippen LogP contribution >= 0.6 is 11.8 Å². The third-order valence-electron chi connectivity index (χ3n) is 4.70. The lowest BCUT2D eigenvalue weighted by Crippen LogP contribution is -2.37. The van der Waals surface area contributed by atoms with Crippen molar-refractivity contribution >= 4 is 17.7 Å². The molecule has 138 valence electrons. The zero-order chi connectivity index (χ0) is 18.7. The first-order valence-corrected chi connectivity index (χ1v) is 9.35. The first-order valence-electron chi connectivity index (χ1n) is 8.47. The second-order valence-electron chi connectivity index (χ2n) is 6.56. The number of halogens is 2. The second-order valence-corrected chi connectivity index (χ2v) is 7.97. The van der Waals surface area contributed by atoms with Crippen LogP contribution in [0.1, 0.15) is 25.3 Å². The molecule has 3 nitrogen and oxygen atoms in total. The molecule has 0 spiro atoms. The number of hydrogen-bond acceptors (Lipinski definition) is 3. The fourth-order valence-corrected chi connectivity index (χ4v) is 3.82. The summed E-state index contributed by atoms with van der Waals surface area (Å²) in [5, 5.41) is 2.64. The van der Waals surface area contributed by atoms with Crippen molar-refractivity contribution in [3.63, 3.8) is 0 Å². The number of carbonyl (C=O) groups is 1. The molecule has 1 amide bonds. The number of thioether (sulfide) groups is 1. The van der Waals surface area contributed by atoms with Gasteiger partial charge in [0.1, 0.15) is 17.4 Å². The molecule has 1 aliphatic rings. The Balaban J connectivity index is 1.57. The van der Waals surface area contributed by atoms with Crippen LogP contribution in [0.5, 0.6) is 5.75 Å².